The van der Waals surface area contributed by atoms with Crippen molar-refractivity contribution in [2.75, 3.05) is 16.8 Å². The zero-order valence-corrected chi connectivity index (χ0v) is 15.3. The first-order valence-electron chi connectivity index (χ1n) is 8.13. The van der Waals surface area contributed by atoms with E-state index in [1.807, 2.05) is 36.4 Å². The second-order valence-electron chi connectivity index (χ2n) is 5.98. The van der Waals surface area contributed by atoms with Gasteiger partial charge in [-0.3, -0.25) is 14.7 Å². The molecule has 7 heteroatoms. The van der Waals surface area contributed by atoms with Gasteiger partial charge in [0, 0.05) is 28.6 Å². The standard InChI is InChI=1S/C19H15BrN4O2/c20-14-4-1-13-8-10-24(17(13)11-14)19(26)18(25)22-15-5-2-12(3-6-15)16-7-9-21-23-16/h1-7,9,11H,8,10H2,(H,21,23)(H,22,25). The van der Waals surface area contributed by atoms with Gasteiger partial charge in [0.15, 0.2) is 0 Å². The number of aromatic nitrogens is 2. The molecule has 4 rings (SSSR count). The van der Waals surface area contributed by atoms with Crippen LogP contribution in [-0.4, -0.2) is 28.6 Å². The minimum Gasteiger partial charge on any atom is -0.318 e. The molecular formula is C19H15BrN4O2. The molecule has 0 bridgehead atoms. The Kier molecular flexibility index (Phi) is 4.30. The molecule has 6 nitrogen and oxygen atoms in total. The lowest BCUT2D eigenvalue weighted by Gasteiger charge is -2.17. The summed E-state index contributed by atoms with van der Waals surface area (Å²) < 4.78 is 0.880. The number of nitrogens with one attached hydrogen (secondary N) is 2. The molecule has 1 aliphatic heterocycles. The number of hydrogen-bond donors (Lipinski definition) is 2. The van der Waals surface area contributed by atoms with Crippen molar-refractivity contribution in [3.8, 4) is 11.3 Å². The Labute approximate surface area is 158 Å². The molecule has 0 radical (unpaired) electrons. The molecule has 3 aromatic rings. The Morgan fingerprint density at radius 2 is 1.92 bits per heavy atom. The van der Waals surface area contributed by atoms with Gasteiger partial charge in [-0.05, 0) is 47.9 Å². The number of rotatable bonds is 2. The molecule has 0 atom stereocenters. The SMILES string of the molecule is O=C(Nc1ccc(-c2ccn[nH]2)cc1)C(=O)N1CCc2ccc(Br)cc21. The van der Waals surface area contributed by atoms with Gasteiger partial charge in [-0.2, -0.15) is 5.10 Å². The van der Waals surface area contributed by atoms with E-state index in [9.17, 15) is 9.59 Å². The quantitative estimate of drug-likeness (QED) is 0.635. The van der Waals surface area contributed by atoms with Crippen LogP contribution in [0.15, 0.2) is 59.2 Å². The van der Waals surface area contributed by atoms with E-state index in [2.05, 4.69) is 31.4 Å². The number of halogens is 1. The van der Waals surface area contributed by atoms with Crippen LogP contribution < -0.4 is 10.2 Å². The first-order valence-corrected chi connectivity index (χ1v) is 8.92. The molecule has 0 aliphatic carbocycles. The molecule has 0 fully saturated rings. The van der Waals surface area contributed by atoms with E-state index in [1.54, 1.807) is 18.3 Å². The lowest BCUT2D eigenvalue weighted by atomic mass is 10.1. The second-order valence-corrected chi connectivity index (χ2v) is 6.90. The lowest BCUT2D eigenvalue weighted by molar-refractivity contribution is -0.134. The molecule has 2 amide bonds. The first-order chi connectivity index (χ1) is 12.6. The number of hydrogen-bond acceptors (Lipinski definition) is 3. The third-order valence-corrected chi connectivity index (χ3v) is 4.83. The van der Waals surface area contributed by atoms with Crippen molar-refractivity contribution in [2.45, 2.75) is 6.42 Å². The summed E-state index contributed by atoms with van der Waals surface area (Å²) in [6, 6.07) is 14.9. The van der Waals surface area contributed by atoms with Gasteiger partial charge in [0.1, 0.15) is 0 Å². The molecule has 1 aliphatic rings. The number of anilines is 2. The molecule has 1 aromatic heterocycles. The highest BCUT2D eigenvalue weighted by Crippen LogP contribution is 2.31. The molecule has 0 spiro atoms. The van der Waals surface area contributed by atoms with Gasteiger partial charge in [0.05, 0.1) is 5.69 Å². The Morgan fingerprint density at radius 1 is 1.12 bits per heavy atom. The summed E-state index contributed by atoms with van der Waals surface area (Å²) in [5.41, 5.74) is 4.26. The Morgan fingerprint density at radius 3 is 2.65 bits per heavy atom. The maximum atomic E-state index is 12.6. The van der Waals surface area contributed by atoms with E-state index in [0.29, 0.717) is 12.2 Å². The molecule has 0 unspecified atom stereocenters. The predicted octanol–water partition coefficient (Wildman–Crippen LogP) is 3.37. The molecule has 130 valence electrons. The number of carbonyl (C=O) groups excluding carboxylic acids is 2. The number of benzene rings is 2. The van der Waals surface area contributed by atoms with Gasteiger partial charge < -0.3 is 10.2 Å². The van der Waals surface area contributed by atoms with E-state index in [4.69, 9.17) is 0 Å². The number of carbonyl (C=O) groups is 2. The highest BCUT2D eigenvalue weighted by atomic mass is 79.9. The summed E-state index contributed by atoms with van der Waals surface area (Å²) >= 11 is 3.41. The van der Waals surface area contributed by atoms with Crippen LogP contribution in [-0.2, 0) is 16.0 Å². The predicted molar refractivity (Wildman–Crippen MR) is 103 cm³/mol. The fourth-order valence-electron chi connectivity index (χ4n) is 3.02. The van der Waals surface area contributed by atoms with Gasteiger partial charge in [-0.25, -0.2) is 0 Å². The number of fused-ring (bicyclic) bond motifs is 1. The highest BCUT2D eigenvalue weighted by Gasteiger charge is 2.29. The topological polar surface area (TPSA) is 78.1 Å². The number of H-pyrrole nitrogens is 1. The van der Waals surface area contributed by atoms with Gasteiger partial charge in [-0.1, -0.05) is 34.1 Å². The van der Waals surface area contributed by atoms with Crippen LogP contribution in [0.3, 0.4) is 0 Å². The van der Waals surface area contributed by atoms with E-state index in [1.165, 1.54) is 4.90 Å². The molecule has 0 saturated carbocycles. The molecule has 2 aromatic carbocycles. The van der Waals surface area contributed by atoms with E-state index in [-0.39, 0.29) is 0 Å². The average molecular weight is 411 g/mol. The van der Waals surface area contributed by atoms with Crippen LogP contribution in [0, 0.1) is 0 Å². The maximum Gasteiger partial charge on any atom is 0.316 e. The van der Waals surface area contributed by atoms with Crippen molar-refractivity contribution in [3.63, 3.8) is 0 Å². The Balaban J connectivity index is 1.47. The van der Waals surface area contributed by atoms with Crippen molar-refractivity contribution in [1.82, 2.24) is 10.2 Å². The van der Waals surface area contributed by atoms with Crippen molar-refractivity contribution in [2.24, 2.45) is 0 Å². The van der Waals surface area contributed by atoms with Crippen molar-refractivity contribution in [1.29, 1.82) is 0 Å². The number of nitrogens with zero attached hydrogens (tertiary/aromatic N) is 2. The molecule has 2 heterocycles. The summed E-state index contributed by atoms with van der Waals surface area (Å²) in [7, 11) is 0. The third-order valence-electron chi connectivity index (χ3n) is 4.34. The fourth-order valence-corrected chi connectivity index (χ4v) is 3.37. The van der Waals surface area contributed by atoms with Gasteiger partial charge in [0.2, 0.25) is 0 Å². The lowest BCUT2D eigenvalue weighted by Crippen LogP contribution is -2.38. The normalized spacial score (nSPS) is 12.7. The largest absolute Gasteiger partial charge is 0.318 e. The molecule has 0 saturated heterocycles. The monoisotopic (exact) mass is 410 g/mol. The van der Waals surface area contributed by atoms with Crippen LogP contribution in [0.25, 0.3) is 11.3 Å². The van der Waals surface area contributed by atoms with Crippen LogP contribution in [0.1, 0.15) is 5.56 Å². The summed E-state index contributed by atoms with van der Waals surface area (Å²) in [6.07, 6.45) is 2.43. The zero-order chi connectivity index (χ0) is 18.1. The summed E-state index contributed by atoms with van der Waals surface area (Å²) in [4.78, 5) is 26.5. The van der Waals surface area contributed by atoms with Crippen molar-refractivity contribution < 1.29 is 9.59 Å². The van der Waals surface area contributed by atoms with Crippen molar-refractivity contribution in [3.05, 3.63) is 64.8 Å². The highest BCUT2D eigenvalue weighted by molar-refractivity contribution is 9.10. The fraction of sp³-hybridized carbons (Fsp3) is 0.105. The number of aromatic amines is 1. The summed E-state index contributed by atoms with van der Waals surface area (Å²) in [5.74, 6) is -1.20. The summed E-state index contributed by atoms with van der Waals surface area (Å²) in [5, 5.41) is 9.46. The minimum absolute atomic E-state index is 0.511. The average Bonchev–Trinajstić information content (AvgIpc) is 3.31. The minimum atomic E-state index is -0.646. The third kappa shape index (κ3) is 3.13. The summed E-state index contributed by atoms with van der Waals surface area (Å²) in [6.45, 7) is 0.511. The van der Waals surface area contributed by atoms with Crippen LogP contribution >= 0.6 is 15.9 Å². The van der Waals surface area contributed by atoms with Crippen molar-refractivity contribution >= 4 is 39.1 Å². The zero-order valence-electron chi connectivity index (χ0n) is 13.7. The molecule has 26 heavy (non-hydrogen) atoms. The van der Waals surface area contributed by atoms with Gasteiger partial charge in [0.25, 0.3) is 0 Å². The van der Waals surface area contributed by atoms with E-state index in [0.717, 1.165) is 33.4 Å². The second kappa shape index (κ2) is 6.76. The number of amides is 2. The van der Waals surface area contributed by atoms with E-state index >= 15 is 0 Å². The molecular weight excluding hydrogens is 396 g/mol. The van der Waals surface area contributed by atoms with Crippen LogP contribution in [0.2, 0.25) is 0 Å². The molecule has 2 N–H and O–H groups in total. The smallest absolute Gasteiger partial charge is 0.316 e. The first kappa shape index (κ1) is 16.5. The Hall–Kier alpha value is -2.93. The van der Waals surface area contributed by atoms with Gasteiger partial charge >= 0.3 is 11.8 Å². The van der Waals surface area contributed by atoms with Crippen LogP contribution in [0.5, 0.6) is 0 Å². The van der Waals surface area contributed by atoms with Gasteiger partial charge in [-0.15, -0.1) is 0 Å². The Bertz CT molecular complexity index is 968. The van der Waals surface area contributed by atoms with E-state index < -0.39 is 11.8 Å². The van der Waals surface area contributed by atoms with Crippen LogP contribution in [0.4, 0.5) is 11.4 Å². The maximum absolute atomic E-state index is 12.6.